The fourth-order valence-corrected chi connectivity index (χ4v) is 1.86. The van der Waals surface area contributed by atoms with Crippen LogP contribution < -0.4 is 5.56 Å². The highest BCUT2D eigenvalue weighted by Crippen LogP contribution is 2.18. The molecule has 0 aliphatic carbocycles. The summed E-state index contributed by atoms with van der Waals surface area (Å²) in [6, 6.07) is 10.5. The SMILES string of the molecule is N#Cc1ccc(-c2ccc(F)cc2)n(CCO)c1=O. The van der Waals surface area contributed by atoms with Crippen LogP contribution in [0, 0.1) is 17.1 Å². The van der Waals surface area contributed by atoms with Gasteiger partial charge in [0.05, 0.1) is 12.3 Å². The standard InChI is InChI=1S/C14H11FN2O2/c15-12-4-1-10(2-5-12)13-6-3-11(9-16)14(19)17(13)7-8-18/h1-6,18H,7-8H2. The summed E-state index contributed by atoms with van der Waals surface area (Å²) in [5.74, 6) is -0.367. The molecule has 1 aromatic carbocycles. The first-order valence-corrected chi connectivity index (χ1v) is 5.68. The highest BCUT2D eigenvalue weighted by Gasteiger charge is 2.10. The van der Waals surface area contributed by atoms with Crippen molar-refractivity contribution in [3.8, 4) is 17.3 Å². The Hall–Kier alpha value is -2.45. The predicted octanol–water partition coefficient (Wildman–Crippen LogP) is 1.52. The van der Waals surface area contributed by atoms with Crippen LogP contribution >= 0.6 is 0 Å². The Kier molecular flexibility index (Phi) is 3.74. The zero-order chi connectivity index (χ0) is 13.8. The van der Waals surface area contributed by atoms with E-state index in [1.54, 1.807) is 24.3 Å². The molecule has 2 aromatic rings. The quantitative estimate of drug-likeness (QED) is 0.907. The first-order chi connectivity index (χ1) is 9.17. The molecule has 0 aliphatic heterocycles. The van der Waals surface area contributed by atoms with Gasteiger partial charge in [0.2, 0.25) is 0 Å². The van der Waals surface area contributed by atoms with E-state index in [0.29, 0.717) is 11.3 Å². The van der Waals surface area contributed by atoms with E-state index in [0.717, 1.165) is 0 Å². The van der Waals surface area contributed by atoms with Crippen LogP contribution in [0.3, 0.4) is 0 Å². The van der Waals surface area contributed by atoms with Gasteiger partial charge in [-0.15, -0.1) is 0 Å². The molecule has 0 saturated carbocycles. The molecule has 1 aromatic heterocycles. The Morgan fingerprint density at radius 3 is 2.47 bits per heavy atom. The molecule has 0 atom stereocenters. The summed E-state index contributed by atoms with van der Waals surface area (Å²) in [5, 5.41) is 17.9. The fourth-order valence-electron chi connectivity index (χ4n) is 1.86. The number of rotatable bonds is 3. The molecule has 0 aliphatic rings. The summed E-state index contributed by atoms with van der Waals surface area (Å²) >= 11 is 0. The molecule has 0 bridgehead atoms. The van der Waals surface area contributed by atoms with E-state index in [1.807, 2.05) is 0 Å². The first kappa shape index (κ1) is 13.0. The van der Waals surface area contributed by atoms with Crippen LogP contribution in [0.25, 0.3) is 11.3 Å². The number of aliphatic hydroxyl groups excluding tert-OH is 1. The molecule has 5 heteroatoms. The molecule has 1 heterocycles. The second-order valence-corrected chi connectivity index (χ2v) is 3.93. The van der Waals surface area contributed by atoms with Crippen molar-refractivity contribution < 1.29 is 9.50 Å². The minimum absolute atomic E-state index is 0.0133. The number of benzene rings is 1. The van der Waals surface area contributed by atoms with E-state index in [2.05, 4.69) is 0 Å². The van der Waals surface area contributed by atoms with E-state index in [1.165, 1.54) is 22.8 Å². The van der Waals surface area contributed by atoms with E-state index < -0.39 is 5.56 Å². The Morgan fingerprint density at radius 1 is 1.21 bits per heavy atom. The Balaban J connectivity index is 2.63. The number of halogens is 1. The Labute approximate surface area is 109 Å². The van der Waals surface area contributed by atoms with E-state index in [-0.39, 0.29) is 24.5 Å². The van der Waals surface area contributed by atoms with Crippen molar-refractivity contribution in [2.75, 3.05) is 6.61 Å². The third-order valence-electron chi connectivity index (χ3n) is 2.76. The number of hydrogen-bond acceptors (Lipinski definition) is 3. The molecule has 0 amide bonds. The van der Waals surface area contributed by atoms with Crippen LogP contribution in [-0.2, 0) is 6.54 Å². The molecule has 0 fully saturated rings. The van der Waals surface area contributed by atoms with Crippen LogP contribution in [0.2, 0.25) is 0 Å². The molecule has 0 unspecified atom stereocenters. The van der Waals surface area contributed by atoms with Gasteiger partial charge in [-0.2, -0.15) is 5.26 Å². The van der Waals surface area contributed by atoms with Gasteiger partial charge in [-0.05, 0) is 42.0 Å². The number of nitriles is 1. The first-order valence-electron chi connectivity index (χ1n) is 5.68. The monoisotopic (exact) mass is 258 g/mol. The van der Waals surface area contributed by atoms with Crippen LogP contribution in [0.5, 0.6) is 0 Å². The van der Waals surface area contributed by atoms with Crippen molar-refractivity contribution in [1.82, 2.24) is 4.57 Å². The molecular formula is C14H11FN2O2. The smallest absolute Gasteiger partial charge is 0.269 e. The van der Waals surface area contributed by atoms with Gasteiger partial charge in [-0.25, -0.2) is 4.39 Å². The highest BCUT2D eigenvalue weighted by molar-refractivity contribution is 5.60. The average molecular weight is 258 g/mol. The summed E-state index contributed by atoms with van der Waals surface area (Å²) in [5.41, 5.74) is 0.743. The normalized spacial score (nSPS) is 10.2. The molecule has 0 spiro atoms. The highest BCUT2D eigenvalue weighted by atomic mass is 19.1. The lowest BCUT2D eigenvalue weighted by atomic mass is 10.1. The molecule has 0 saturated heterocycles. The van der Waals surface area contributed by atoms with E-state index in [9.17, 15) is 9.18 Å². The number of hydrogen-bond donors (Lipinski definition) is 1. The maximum atomic E-state index is 12.9. The van der Waals surface area contributed by atoms with Gasteiger partial charge in [0, 0.05) is 6.54 Å². The second-order valence-electron chi connectivity index (χ2n) is 3.93. The zero-order valence-electron chi connectivity index (χ0n) is 10.0. The molecule has 19 heavy (non-hydrogen) atoms. The molecular weight excluding hydrogens is 247 g/mol. The van der Waals surface area contributed by atoms with Gasteiger partial charge in [-0.1, -0.05) is 0 Å². The van der Waals surface area contributed by atoms with Gasteiger partial charge in [0.15, 0.2) is 0 Å². The number of aromatic nitrogens is 1. The summed E-state index contributed by atoms with van der Waals surface area (Å²) in [6.45, 7) is -0.135. The third-order valence-corrected chi connectivity index (χ3v) is 2.76. The molecule has 96 valence electrons. The lowest BCUT2D eigenvalue weighted by molar-refractivity contribution is 0.275. The van der Waals surface area contributed by atoms with Crippen molar-refractivity contribution in [3.63, 3.8) is 0 Å². The number of aliphatic hydroxyl groups is 1. The molecule has 0 radical (unpaired) electrons. The molecule has 1 N–H and O–H groups in total. The number of pyridine rings is 1. The van der Waals surface area contributed by atoms with Crippen molar-refractivity contribution in [1.29, 1.82) is 5.26 Å². The Bertz CT molecular complexity index is 684. The van der Waals surface area contributed by atoms with Gasteiger partial charge in [0.25, 0.3) is 5.56 Å². The molecule has 2 rings (SSSR count). The number of nitrogens with zero attached hydrogens (tertiary/aromatic N) is 2. The van der Waals surface area contributed by atoms with Crippen molar-refractivity contribution >= 4 is 0 Å². The minimum atomic E-state index is -0.460. The minimum Gasteiger partial charge on any atom is -0.395 e. The van der Waals surface area contributed by atoms with Crippen LogP contribution in [0.15, 0.2) is 41.2 Å². The van der Waals surface area contributed by atoms with Gasteiger partial charge < -0.3 is 9.67 Å². The van der Waals surface area contributed by atoms with Crippen LogP contribution in [0.4, 0.5) is 4.39 Å². The van der Waals surface area contributed by atoms with Crippen molar-refractivity contribution in [2.24, 2.45) is 0 Å². The zero-order valence-corrected chi connectivity index (χ0v) is 10.0. The topological polar surface area (TPSA) is 66.0 Å². The third kappa shape index (κ3) is 2.54. The maximum Gasteiger partial charge on any atom is 0.269 e. The van der Waals surface area contributed by atoms with E-state index >= 15 is 0 Å². The van der Waals surface area contributed by atoms with Crippen molar-refractivity contribution in [2.45, 2.75) is 6.54 Å². The van der Waals surface area contributed by atoms with E-state index in [4.69, 9.17) is 10.4 Å². The van der Waals surface area contributed by atoms with Crippen LogP contribution in [0.1, 0.15) is 5.56 Å². The second kappa shape index (κ2) is 5.46. The summed E-state index contributed by atoms with van der Waals surface area (Å²) in [6.07, 6.45) is 0. The van der Waals surface area contributed by atoms with Gasteiger partial charge in [-0.3, -0.25) is 4.79 Å². The maximum absolute atomic E-state index is 12.9. The largest absolute Gasteiger partial charge is 0.395 e. The van der Waals surface area contributed by atoms with Gasteiger partial charge in [0.1, 0.15) is 17.4 Å². The molecule has 4 nitrogen and oxygen atoms in total. The summed E-state index contributed by atoms with van der Waals surface area (Å²) in [7, 11) is 0. The Morgan fingerprint density at radius 2 is 1.89 bits per heavy atom. The summed E-state index contributed by atoms with van der Waals surface area (Å²) < 4.78 is 14.2. The summed E-state index contributed by atoms with van der Waals surface area (Å²) in [4.78, 5) is 12.0. The van der Waals surface area contributed by atoms with Gasteiger partial charge >= 0.3 is 0 Å². The fraction of sp³-hybridized carbons (Fsp3) is 0.143. The van der Waals surface area contributed by atoms with Crippen LogP contribution in [-0.4, -0.2) is 16.3 Å². The van der Waals surface area contributed by atoms with Crippen molar-refractivity contribution in [3.05, 3.63) is 58.1 Å². The predicted molar refractivity (Wildman–Crippen MR) is 67.9 cm³/mol. The lowest BCUT2D eigenvalue weighted by Gasteiger charge is -2.12. The lowest BCUT2D eigenvalue weighted by Crippen LogP contribution is -2.25. The average Bonchev–Trinajstić information content (AvgIpc) is 2.42.